The number of hydrogen-bond donors (Lipinski definition) is 2. The van der Waals surface area contributed by atoms with E-state index in [2.05, 4.69) is 5.32 Å². The number of aliphatic carboxylic acids is 1. The van der Waals surface area contributed by atoms with Gasteiger partial charge in [0.2, 0.25) is 0 Å². The average molecular weight is 326 g/mol. The first-order chi connectivity index (χ1) is 10.4. The van der Waals surface area contributed by atoms with Crippen LogP contribution in [-0.2, 0) is 22.4 Å². The summed E-state index contributed by atoms with van der Waals surface area (Å²) in [6, 6.07) is -0.439. The Bertz CT molecular complexity index is 611. The van der Waals surface area contributed by atoms with Gasteiger partial charge in [-0.2, -0.15) is 0 Å². The summed E-state index contributed by atoms with van der Waals surface area (Å²) in [5.74, 6) is -1.42. The maximum Gasteiger partial charge on any atom is 0.341 e. The van der Waals surface area contributed by atoms with E-state index in [-0.39, 0.29) is 13.0 Å². The Morgan fingerprint density at radius 2 is 2.09 bits per heavy atom. The molecule has 1 aliphatic carbocycles. The number of hydrogen-bond acceptors (Lipinski definition) is 5. The van der Waals surface area contributed by atoms with Crippen LogP contribution in [0.2, 0.25) is 0 Å². The number of carboxylic acid groups (broad SMARTS) is 1. The Labute approximate surface area is 131 Å². The van der Waals surface area contributed by atoms with Gasteiger partial charge >= 0.3 is 18.0 Å². The second-order valence-electron chi connectivity index (χ2n) is 5.05. The number of rotatable bonds is 5. The van der Waals surface area contributed by atoms with Gasteiger partial charge in [-0.3, -0.25) is 10.1 Å². The van der Waals surface area contributed by atoms with Crippen molar-refractivity contribution in [2.75, 3.05) is 26.0 Å². The van der Waals surface area contributed by atoms with Crippen molar-refractivity contribution in [1.29, 1.82) is 0 Å². The summed E-state index contributed by atoms with van der Waals surface area (Å²) in [6.45, 7) is 0.0970. The van der Waals surface area contributed by atoms with Gasteiger partial charge in [0, 0.05) is 18.5 Å². The summed E-state index contributed by atoms with van der Waals surface area (Å²) in [6.07, 6.45) is 2.57. The molecule has 2 rings (SSSR count). The topological polar surface area (TPSA) is 95.9 Å². The number of nitrogens with one attached hydrogen (secondary N) is 1. The standard InChI is InChI=1S/C14H18N2O5S/c1-16(7-6-10(17)18)14(20)15-12-11(13(19)21-2)8-4-3-5-9(8)22-12/h3-7H2,1-2H3,(H,15,20)(H,17,18). The molecule has 2 amide bonds. The Kier molecular flexibility index (Phi) is 5.02. The van der Waals surface area contributed by atoms with Gasteiger partial charge in [-0.25, -0.2) is 9.59 Å². The largest absolute Gasteiger partial charge is 0.481 e. The molecule has 0 bridgehead atoms. The molecule has 22 heavy (non-hydrogen) atoms. The number of thiophene rings is 1. The number of methoxy groups -OCH3 is 1. The number of anilines is 1. The van der Waals surface area contributed by atoms with Crippen molar-refractivity contribution >= 4 is 34.3 Å². The first kappa shape index (κ1) is 16.3. The van der Waals surface area contributed by atoms with E-state index in [1.165, 1.54) is 30.4 Å². The second kappa shape index (κ2) is 6.78. The molecule has 0 saturated carbocycles. The minimum atomic E-state index is -0.968. The highest BCUT2D eigenvalue weighted by molar-refractivity contribution is 7.17. The molecule has 0 fully saturated rings. The lowest BCUT2D eigenvalue weighted by Gasteiger charge is -2.16. The number of esters is 1. The maximum atomic E-state index is 12.1. The predicted octanol–water partition coefficient (Wildman–Crippen LogP) is 1.96. The molecule has 0 atom stereocenters. The summed E-state index contributed by atoms with van der Waals surface area (Å²) >= 11 is 1.39. The smallest absolute Gasteiger partial charge is 0.341 e. The molecule has 0 spiro atoms. The fourth-order valence-corrected chi connectivity index (χ4v) is 3.63. The van der Waals surface area contributed by atoms with Crippen molar-refractivity contribution in [3.63, 3.8) is 0 Å². The van der Waals surface area contributed by atoms with E-state index in [1.54, 1.807) is 0 Å². The van der Waals surface area contributed by atoms with Gasteiger partial charge in [-0.1, -0.05) is 0 Å². The lowest BCUT2D eigenvalue weighted by molar-refractivity contribution is -0.137. The van der Waals surface area contributed by atoms with Crippen LogP contribution in [0.5, 0.6) is 0 Å². The normalized spacial score (nSPS) is 12.6. The zero-order valence-corrected chi connectivity index (χ0v) is 13.3. The highest BCUT2D eigenvalue weighted by Gasteiger charge is 2.28. The average Bonchev–Trinajstić information content (AvgIpc) is 3.04. The van der Waals surface area contributed by atoms with Crippen molar-refractivity contribution in [3.05, 3.63) is 16.0 Å². The van der Waals surface area contributed by atoms with Gasteiger partial charge in [0.1, 0.15) is 5.00 Å². The first-order valence-corrected chi connectivity index (χ1v) is 7.72. The van der Waals surface area contributed by atoms with Crippen molar-refractivity contribution in [2.45, 2.75) is 25.7 Å². The van der Waals surface area contributed by atoms with Gasteiger partial charge < -0.3 is 14.7 Å². The van der Waals surface area contributed by atoms with Crippen molar-refractivity contribution in [3.8, 4) is 0 Å². The molecule has 1 heterocycles. The number of fused-ring (bicyclic) bond motifs is 1. The minimum Gasteiger partial charge on any atom is -0.481 e. The Balaban J connectivity index is 2.14. The lowest BCUT2D eigenvalue weighted by atomic mass is 10.1. The van der Waals surface area contributed by atoms with Crippen LogP contribution in [0.25, 0.3) is 0 Å². The predicted molar refractivity (Wildman–Crippen MR) is 81.6 cm³/mol. The van der Waals surface area contributed by atoms with Crippen LogP contribution < -0.4 is 5.32 Å². The molecule has 0 aliphatic heterocycles. The van der Waals surface area contributed by atoms with E-state index in [0.29, 0.717) is 10.6 Å². The third-order valence-corrected chi connectivity index (χ3v) is 4.75. The Morgan fingerprint density at radius 1 is 1.36 bits per heavy atom. The molecule has 1 aromatic rings. The third-order valence-electron chi connectivity index (χ3n) is 3.54. The zero-order valence-electron chi connectivity index (χ0n) is 12.5. The van der Waals surface area contributed by atoms with Gasteiger partial charge in [-0.15, -0.1) is 11.3 Å². The van der Waals surface area contributed by atoms with E-state index in [9.17, 15) is 14.4 Å². The maximum absolute atomic E-state index is 12.1. The summed E-state index contributed by atoms with van der Waals surface area (Å²) in [7, 11) is 2.82. The Morgan fingerprint density at radius 3 is 2.73 bits per heavy atom. The molecule has 1 aliphatic rings. The summed E-state index contributed by atoms with van der Waals surface area (Å²) in [4.78, 5) is 37.0. The molecule has 0 saturated heterocycles. The zero-order chi connectivity index (χ0) is 16.3. The van der Waals surface area contributed by atoms with Crippen LogP contribution in [0.3, 0.4) is 0 Å². The number of carbonyl (C=O) groups excluding carboxylic acids is 2. The van der Waals surface area contributed by atoms with E-state index in [1.807, 2.05) is 0 Å². The van der Waals surface area contributed by atoms with Crippen LogP contribution in [0.1, 0.15) is 33.6 Å². The number of ether oxygens (including phenoxy) is 1. The summed E-state index contributed by atoms with van der Waals surface area (Å²) < 4.78 is 4.81. The quantitative estimate of drug-likeness (QED) is 0.806. The number of carboxylic acids is 1. The van der Waals surface area contributed by atoms with E-state index in [4.69, 9.17) is 9.84 Å². The number of urea groups is 1. The number of nitrogens with zero attached hydrogens (tertiary/aromatic N) is 1. The summed E-state index contributed by atoms with van der Waals surface area (Å²) in [5.41, 5.74) is 1.39. The number of amides is 2. The highest BCUT2D eigenvalue weighted by Crippen LogP contribution is 2.39. The molecular weight excluding hydrogens is 308 g/mol. The van der Waals surface area contributed by atoms with Crippen LogP contribution in [0.15, 0.2) is 0 Å². The van der Waals surface area contributed by atoms with Crippen molar-refractivity contribution < 1.29 is 24.2 Å². The summed E-state index contributed by atoms with van der Waals surface area (Å²) in [5, 5.41) is 11.8. The van der Waals surface area contributed by atoms with Crippen molar-refractivity contribution in [2.24, 2.45) is 0 Å². The SMILES string of the molecule is COC(=O)c1c(NC(=O)N(C)CCC(=O)O)sc2c1CCC2. The lowest BCUT2D eigenvalue weighted by Crippen LogP contribution is -2.33. The number of carbonyl (C=O) groups is 3. The second-order valence-corrected chi connectivity index (χ2v) is 6.15. The molecule has 0 radical (unpaired) electrons. The molecule has 0 aromatic carbocycles. The van der Waals surface area contributed by atoms with Gasteiger partial charge in [-0.05, 0) is 24.8 Å². The Hall–Kier alpha value is -2.09. The number of aryl methyl sites for hydroxylation is 1. The fraction of sp³-hybridized carbons (Fsp3) is 0.500. The van der Waals surface area contributed by atoms with Crippen molar-refractivity contribution in [1.82, 2.24) is 4.90 Å². The van der Waals surface area contributed by atoms with E-state index < -0.39 is 18.0 Å². The minimum absolute atomic E-state index is 0.0970. The molecule has 0 unspecified atom stereocenters. The molecule has 7 nitrogen and oxygen atoms in total. The van der Waals surface area contributed by atoms with Gasteiger partial charge in [0.25, 0.3) is 0 Å². The van der Waals surface area contributed by atoms with Crippen LogP contribution in [-0.4, -0.2) is 48.7 Å². The highest BCUT2D eigenvalue weighted by atomic mass is 32.1. The molecule has 2 N–H and O–H groups in total. The van der Waals surface area contributed by atoms with Crippen LogP contribution in [0.4, 0.5) is 9.80 Å². The monoisotopic (exact) mass is 326 g/mol. The van der Waals surface area contributed by atoms with Gasteiger partial charge in [0.15, 0.2) is 0 Å². The van der Waals surface area contributed by atoms with E-state index in [0.717, 1.165) is 29.7 Å². The van der Waals surface area contributed by atoms with E-state index >= 15 is 0 Å². The van der Waals surface area contributed by atoms with Crippen LogP contribution in [0, 0.1) is 0 Å². The molecule has 120 valence electrons. The first-order valence-electron chi connectivity index (χ1n) is 6.90. The molecule has 8 heteroatoms. The fourth-order valence-electron chi connectivity index (χ4n) is 2.37. The van der Waals surface area contributed by atoms with Gasteiger partial charge in [0.05, 0.1) is 19.1 Å². The third kappa shape index (κ3) is 3.38. The molecule has 1 aromatic heterocycles. The molecular formula is C14H18N2O5S. The van der Waals surface area contributed by atoms with Crippen LogP contribution >= 0.6 is 11.3 Å².